The summed E-state index contributed by atoms with van der Waals surface area (Å²) in [4.78, 5) is 0. The van der Waals surface area contributed by atoms with Crippen molar-refractivity contribution in [1.82, 2.24) is 10.2 Å². The molecule has 1 fully saturated rings. The molecule has 7 heteroatoms. The van der Waals surface area contributed by atoms with Crippen molar-refractivity contribution in [2.45, 2.75) is 29.0 Å². The molecule has 0 radical (unpaired) electrons. The fourth-order valence-corrected chi connectivity index (χ4v) is 4.10. The van der Waals surface area contributed by atoms with Crippen LogP contribution < -0.4 is 5.32 Å². The van der Waals surface area contributed by atoms with Crippen LogP contribution in [0.3, 0.4) is 0 Å². The summed E-state index contributed by atoms with van der Waals surface area (Å²) in [6.07, 6.45) is 2.47. The topological polar surface area (TPSA) is 37.8 Å². The fourth-order valence-electron chi connectivity index (χ4n) is 1.53. The minimum atomic E-state index is 0.601. The zero-order chi connectivity index (χ0) is 13.2. The maximum absolute atomic E-state index is 6.14. The van der Waals surface area contributed by atoms with E-state index in [9.17, 15) is 0 Å². The molecule has 1 aliphatic rings. The number of thioether (sulfide) groups is 1. The Morgan fingerprint density at radius 1 is 1.26 bits per heavy atom. The highest BCUT2D eigenvalue weighted by atomic mass is 35.5. The highest BCUT2D eigenvalue weighted by Crippen LogP contribution is 2.34. The minimum absolute atomic E-state index is 0.601. The lowest BCUT2D eigenvalue weighted by Gasteiger charge is -2.04. The predicted molar refractivity (Wildman–Crippen MR) is 82.6 cm³/mol. The zero-order valence-corrected chi connectivity index (χ0v) is 13.0. The SMILES string of the molecule is Clc1cccc(Cl)c1CSc1nnc(NC2CC2)s1. The molecular formula is C12H11Cl2N3S2. The van der Waals surface area contributed by atoms with Gasteiger partial charge in [0.05, 0.1) is 0 Å². The molecule has 1 saturated carbocycles. The molecule has 1 N–H and O–H groups in total. The normalized spacial score (nSPS) is 14.6. The monoisotopic (exact) mass is 331 g/mol. The average Bonchev–Trinajstić information content (AvgIpc) is 3.07. The van der Waals surface area contributed by atoms with E-state index in [1.165, 1.54) is 12.8 Å². The van der Waals surface area contributed by atoms with Crippen molar-refractivity contribution in [3.63, 3.8) is 0 Å². The molecule has 3 nitrogen and oxygen atoms in total. The molecule has 1 heterocycles. The van der Waals surface area contributed by atoms with Gasteiger partial charge in [0.15, 0.2) is 4.34 Å². The molecular weight excluding hydrogens is 321 g/mol. The van der Waals surface area contributed by atoms with Crippen LogP contribution in [0.5, 0.6) is 0 Å². The number of nitrogens with one attached hydrogen (secondary N) is 1. The Bertz CT molecular complexity index is 564. The summed E-state index contributed by atoms with van der Waals surface area (Å²) >= 11 is 15.5. The Labute approximate surface area is 129 Å². The molecule has 1 aromatic heterocycles. The molecule has 0 atom stereocenters. The van der Waals surface area contributed by atoms with Gasteiger partial charge in [-0.2, -0.15) is 0 Å². The van der Waals surface area contributed by atoms with Gasteiger partial charge in [0.1, 0.15) is 0 Å². The van der Waals surface area contributed by atoms with Crippen molar-refractivity contribution in [2.75, 3.05) is 5.32 Å². The first-order valence-corrected chi connectivity index (χ1v) is 8.44. The Kier molecular flexibility index (Phi) is 4.17. The second kappa shape index (κ2) is 5.87. The van der Waals surface area contributed by atoms with Crippen molar-refractivity contribution < 1.29 is 0 Å². The van der Waals surface area contributed by atoms with Crippen LogP contribution in [-0.2, 0) is 5.75 Å². The number of nitrogens with zero attached hydrogens (tertiary/aromatic N) is 2. The summed E-state index contributed by atoms with van der Waals surface area (Å²) in [7, 11) is 0. The summed E-state index contributed by atoms with van der Waals surface area (Å²) in [5.41, 5.74) is 0.947. The van der Waals surface area contributed by atoms with Gasteiger partial charge < -0.3 is 5.32 Å². The highest BCUT2D eigenvalue weighted by Gasteiger charge is 2.22. The number of rotatable bonds is 5. The van der Waals surface area contributed by atoms with Crippen molar-refractivity contribution in [1.29, 1.82) is 0 Å². The van der Waals surface area contributed by atoms with Crippen LogP contribution in [0, 0.1) is 0 Å². The minimum Gasteiger partial charge on any atom is -0.357 e. The second-order valence-corrected chi connectivity index (χ2v) is 7.30. The van der Waals surface area contributed by atoms with Gasteiger partial charge in [0.2, 0.25) is 5.13 Å². The van der Waals surface area contributed by atoms with E-state index in [2.05, 4.69) is 15.5 Å². The largest absolute Gasteiger partial charge is 0.357 e. The summed E-state index contributed by atoms with van der Waals surface area (Å²) in [5, 5.41) is 13.9. The van der Waals surface area contributed by atoms with Gasteiger partial charge >= 0.3 is 0 Å². The van der Waals surface area contributed by atoms with Crippen molar-refractivity contribution in [2.24, 2.45) is 0 Å². The third-order valence-electron chi connectivity index (χ3n) is 2.71. The fraction of sp³-hybridized carbons (Fsp3) is 0.333. The van der Waals surface area contributed by atoms with Crippen molar-refractivity contribution in [3.05, 3.63) is 33.8 Å². The summed E-state index contributed by atoms with van der Waals surface area (Å²) < 4.78 is 0.930. The van der Waals surface area contributed by atoms with Crippen LogP contribution in [0.1, 0.15) is 18.4 Å². The van der Waals surface area contributed by atoms with Crippen molar-refractivity contribution >= 4 is 51.4 Å². The molecule has 100 valence electrons. The molecule has 0 unspecified atom stereocenters. The van der Waals surface area contributed by atoms with Crippen LogP contribution >= 0.6 is 46.3 Å². The lowest BCUT2D eigenvalue weighted by Crippen LogP contribution is -1.99. The van der Waals surface area contributed by atoms with Gasteiger partial charge in [-0.25, -0.2) is 0 Å². The maximum Gasteiger partial charge on any atom is 0.206 e. The van der Waals surface area contributed by atoms with Crippen molar-refractivity contribution in [3.8, 4) is 0 Å². The second-order valence-electron chi connectivity index (χ2n) is 4.28. The first-order valence-electron chi connectivity index (χ1n) is 5.88. The Balaban J connectivity index is 1.63. The molecule has 1 aliphatic carbocycles. The van der Waals surface area contributed by atoms with Crippen LogP contribution in [0.25, 0.3) is 0 Å². The van der Waals surface area contributed by atoms with Gasteiger partial charge in [-0.3, -0.25) is 0 Å². The molecule has 0 saturated heterocycles. The van der Waals surface area contributed by atoms with E-state index in [4.69, 9.17) is 23.2 Å². The zero-order valence-electron chi connectivity index (χ0n) is 9.90. The van der Waals surface area contributed by atoms with Crippen LogP contribution in [0.2, 0.25) is 10.0 Å². The molecule has 1 aromatic carbocycles. The predicted octanol–water partition coefficient (Wildman–Crippen LogP) is 4.71. The van der Waals surface area contributed by atoms with Gasteiger partial charge in [0.25, 0.3) is 0 Å². The standard InChI is InChI=1S/C12H11Cl2N3S2/c13-9-2-1-3-10(14)8(9)6-18-12-17-16-11(19-12)15-7-4-5-7/h1-3,7H,4-6H2,(H,15,16). The number of hydrogen-bond donors (Lipinski definition) is 1. The van der Waals surface area contributed by atoms with Gasteiger partial charge in [-0.05, 0) is 30.5 Å². The van der Waals surface area contributed by atoms with Gasteiger partial charge in [0, 0.05) is 21.8 Å². The Morgan fingerprint density at radius 3 is 2.68 bits per heavy atom. The van der Waals surface area contributed by atoms with Crippen LogP contribution in [0.15, 0.2) is 22.5 Å². The van der Waals surface area contributed by atoms with E-state index in [-0.39, 0.29) is 0 Å². The first-order chi connectivity index (χ1) is 9.22. The molecule has 0 spiro atoms. The van der Waals surface area contributed by atoms with Crippen LogP contribution in [-0.4, -0.2) is 16.2 Å². The molecule has 0 aliphatic heterocycles. The molecule has 2 aromatic rings. The van der Waals surface area contributed by atoms with E-state index in [0.29, 0.717) is 21.8 Å². The number of benzene rings is 1. The Morgan fingerprint density at radius 2 is 2.00 bits per heavy atom. The molecule has 19 heavy (non-hydrogen) atoms. The van der Waals surface area contributed by atoms with Gasteiger partial charge in [-0.1, -0.05) is 52.4 Å². The van der Waals surface area contributed by atoms with E-state index in [1.54, 1.807) is 23.1 Å². The summed E-state index contributed by atoms with van der Waals surface area (Å²) in [6.45, 7) is 0. The molecule has 0 bridgehead atoms. The molecule has 3 rings (SSSR count). The third-order valence-corrected chi connectivity index (χ3v) is 5.44. The van der Waals surface area contributed by atoms with E-state index in [1.807, 2.05) is 18.2 Å². The number of halogens is 2. The molecule has 0 amide bonds. The average molecular weight is 332 g/mol. The number of hydrogen-bond acceptors (Lipinski definition) is 5. The van der Waals surface area contributed by atoms with Gasteiger partial charge in [-0.15, -0.1) is 10.2 Å². The first kappa shape index (κ1) is 13.5. The number of aromatic nitrogens is 2. The highest BCUT2D eigenvalue weighted by molar-refractivity contribution is 8.00. The lowest BCUT2D eigenvalue weighted by atomic mass is 10.2. The third kappa shape index (κ3) is 3.54. The smallest absolute Gasteiger partial charge is 0.206 e. The van der Waals surface area contributed by atoms with E-state index < -0.39 is 0 Å². The number of anilines is 1. The quantitative estimate of drug-likeness (QED) is 0.805. The summed E-state index contributed by atoms with van der Waals surface area (Å²) in [5.74, 6) is 0.705. The van der Waals surface area contributed by atoms with E-state index in [0.717, 1.165) is 15.0 Å². The summed E-state index contributed by atoms with van der Waals surface area (Å²) in [6, 6.07) is 6.15. The van der Waals surface area contributed by atoms with Crippen LogP contribution in [0.4, 0.5) is 5.13 Å². The van der Waals surface area contributed by atoms with E-state index >= 15 is 0 Å². The maximum atomic E-state index is 6.14. The lowest BCUT2D eigenvalue weighted by molar-refractivity contribution is 0.994. The Hall–Kier alpha value is -0.490.